The zero-order chi connectivity index (χ0) is 20.6. The zero-order valence-electron chi connectivity index (χ0n) is 16.4. The Kier molecular flexibility index (Phi) is 6.63. The molecule has 0 atom stereocenters. The van der Waals surface area contributed by atoms with Gasteiger partial charge in [-0.25, -0.2) is 4.68 Å². The number of benzene rings is 2. The van der Waals surface area contributed by atoms with Gasteiger partial charge in [0.2, 0.25) is 5.91 Å². The minimum atomic E-state index is -0.193. The van der Waals surface area contributed by atoms with Crippen molar-refractivity contribution in [1.29, 1.82) is 0 Å². The van der Waals surface area contributed by atoms with E-state index in [0.717, 1.165) is 11.3 Å². The van der Waals surface area contributed by atoms with Gasteiger partial charge < -0.3 is 14.8 Å². The highest BCUT2D eigenvalue weighted by molar-refractivity contribution is 5.92. The fraction of sp³-hybridized carbons (Fsp3) is 0.227. The quantitative estimate of drug-likeness (QED) is 0.635. The average molecular weight is 393 g/mol. The molecule has 2 aromatic carbocycles. The molecule has 0 fully saturated rings. The molecule has 0 saturated heterocycles. The summed E-state index contributed by atoms with van der Waals surface area (Å²) in [5, 5.41) is 7.23. The molecular weight excluding hydrogens is 370 g/mol. The fourth-order valence-corrected chi connectivity index (χ4v) is 2.88. The summed E-state index contributed by atoms with van der Waals surface area (Å²) in [5.41, 5.74) is 2.03. The summed E-state index contributed by atoms with van der Waals surface area (Å²) in [7, 11) is 3.10. The third-order valence-electron chi connectivity index (χ3n) is 4.39. The molecule has 0 aliphatic carbocycles. The molecule has 1 N–H and O–H groups in total. The van der Waals surface area contributed by atoms with Crippen LogP contribution in [0.1, 0.15) is 12.8 Å². The number of rotatable bonds is 8. The molecule has 0 aliphatic rings. The van der Waals surface area contributed by atoms with E-state index in [0.29, 0.717) is 30.2 Å². The van der Waals surface area contributed by atoms with E-state index >= 15 is 0 Å². The van der Waals surface area contributed by atoms with Gasteiger partial charge in [0.05, 0.1) is 25.6 Å². The van der Waals surface area contributed by atoms with E-state index in [-0.39, 0.29) is 17.9 Å². The first kappa shape index (κ1) is 20.1. The molecular formula is C22H23N3O4. The first-order chi connectivity index (χ1) is 14.1. The van der Waals surface area contributed by atoms with Gasteiger partial charge in [0.25, 0.3) is 5.56 Å². The van der Waals surface area contributed by atoms with Crippen molar-refractivity contribution in [2.24, 2.45) is 0 Å². The fourth-order valence-electron chi connectivity index (χ4n) is 2.88. The van der Waals surface area contributed by atoms with Crippen LogP contribution >= 0.6 is 0 Å². The van der Waals surface area contributed by atoms with E-state index < -0.39 is 0 Å². The molecule has 7 nitrogen and oxygen atoms in total. The maximum Gasteiger partial charge on any atom is 0.266 e. The lowest BCUT2D eigenvalue weighted by Crippen LogP contribution is -2.23. The van der Waals surface area contributed by atoms with Crippen molar-refractivity contribution in [1.82, 2.24) is 9.78 Å². The van der Waals surface area contributed by atoms with E-state index in [2.05, 4.69) is 10.4 Å². The Balaban J connectivity index is 1.60. The molecule has 1 heterocycles. The average Bonchev–Trinajstić information content (AvgIpc) is 2.76. The third-order valence-corrected chi connectivity index (χ3v) is 4.39. The lowest BCUT2D eigenvalue weighted by molar-refractivity contribution is -0.116. The van der Waals surface area contributed by atoms with Gasteiger partial charge >= 0.3 is 0 Å². The highest BCUT2D eigenvalue weighted by Gasteiger charge is 2.10. The zero-order valence-corrected chi connectivity index (χ0v) is 16.4. The van der Waals surface area contributed by atoms with Crippen LogP contribution in [0.25, 0.3) is 11.3 Å². The third kappa shape index (κ3) is 5.22. The smallest absolute Gasteiger partial charge is 0.266 e. The van der Waals surface area contributed by atoms with Crippen LogP contribution in [-0.2, 0) is 11.3 Å². The van der Waals surface area contributed by atoms with E-state index in [9.17, 15) is 9.59 Å². The summed E-state index contributed by atoms with van der Waals surface area (Å²) in [6, 6.07) is 18.0. The highest BCUT2D eigenvalue weighted by Crippen LogP contribution is 2.29. The number of hydrogen-bond donors (Lipinski definition) is 1. The van der Waals surface area contributed by atoms with Crippen LogP contribution in [-0.4, -0.2) is 29.9 Å². The minimum absolute atomic E-state index is 0.166. The molecule has 0 unspecified atom stereocenters. The number of anilines is 1. The molecule has 150 valence electrons. The maximum atomic E-state index is 12.3. The number of amides is 1. The van der Waals surface area contributed by atoms with Gasteiger partial charge in [0, 0.05) is 30.7 Å². The number of aromatic nitrogens is 2. The summed E-state index contributed by atoms with van der Waals surface area (Å²) in [6.07, 6.45) is 0.730. The molecule has 0 radical (unpaired) electrons. The number of aryl methyl sites for hydroxylation is 1. The number of methoxy groups -OCH3 is 2. The van der Waals surface area contributed by atoms with Crippen molar-refractivity contribution in [2.45, 2.75) is 19.4 Å². The van der Waals surface area contributed by atoms with Crippen molar-refractivity contribution in [3.63, 3.8) is 0 Å². The molecule has 0 saturated carbocycles. The monoisotopic (exact) mass is 393 g/mol. The molecule has 7 heteroatoms. The van der Waals surface area contributed by atoms with Crippen LogP contribution < -0.4 is 20.3 Å². The van der Waals surface area contributed by atoms with Crippen molar-refractivity contribution < 1.29 is 14.3 Å². The number of carbonyl (C=O) groups is 1. The maximum absolute atomic E-state index is 12.3. The summed E-state index contributed by atoms with van der Waals surface area (Å²) in [4.78, 5) is 24.4. The minimum Gasteiger partial charge on any atom is -0.497 e. The second-order valence-corrected chi connectivity index (χ2v) is 6.36. The Morgan fingerprint density at radius 3 is 2.55 bits per heavy atom. The van der Waals surface area contributed by atoms with Crippen molar-refractivity contribution in [2.75, 3.05) is 19.5 Å². The predicted octanol–water partition coefficient (Wildman–Crippen LogP) is 3.35. The van der Waals surface area contributed by atoms with Gasteiger partial charge in [0.15, 0.2) is 0 Å². The molecule has 0 bridgehead atoms. The molecule has 3 rings (SSSR count). The number of hydrogen-bond acceptors (Lipinski definition) is 5. The largest absolute Gasteiger partial charge is 0.497 e. The van der Waals surface area contributed by atoms with Gasteiger partial charge in [-0.3, -0.25) is 9.59 Å². The molecule has 1 aromatic heterocycles. The van der Waals surface area contributed by atoms with Crippen molar-refractivity contribution in [3.05, 3.63) is 71.0 Å². The van der Waals surface area contributed by atoms with E-state index in [1.54, 1.807) is 31.4 Å². The summed E-state index contributed by atoms with van der Waals surface area (Å²) in [5.74, 6) is 0.996. The molecule has 0 spiro atoms. The number of nitrogens with one attached hydrogen (secondary N) is 1. The SMILES string of the molecule is COc1ccc(NC(=O)CCCn2nc(-c3ccccc3)ccc2=O)c(OC)c1. The number of carbonyl (C=O) groups excluding carboxylic acids is 1. The molecule has 1 amide bonds. The van der Waals surface area contributed by atoms with Gasteiger partial charge in [-0.05, 0) is 24.6 Å². The predicted molar refractivity (Wildman–Crippen MR) is 111 cm³/mol. The standard InChI is InChI=1S/C22H23N3O4/c1-28-17-10-11-19(20(15-17)29-2)23-21(26)9-6-14-25-22(27)13-12-18(24-25)16-7-4-3-5-8-16/h3-5,7-8,10-13,15H,6,9,14H2,1-2H3,(H,23,26). The first-order valence-electron chi connectivity index (χ1n) is 9.26. The Labute approximate surface area is 168 Å². The topological polar surface area (TPSA) is 82.5 Å². The van der Waals surface area contributed by atoms with Gasteiger partial charge in [-0.15, -0.1) is 0 Å². The number of ether oxygens (including phenoxy) is 2. The van der Waals surface area contributed by atoms with E-state index in [4.69, 9.17) is 9.47 Å². The Morgan fingerprint density at radius 2 is 1.83 bits per heavy atom. The lowest BCUT2D eigenvalue weighted by Gasteiger charge is -2.12. The van der Waals surface area contributed by atoms with E-state index in [1.165, 1.54) is 17.9 Å². The highest BCUT2D eigenvalue weighted by atomic mass is 16.5. The van der Waals surface area contributed by atoms with Gasteiger partial charge in [-0.2, -0.15) is 5.10 Å². The van der Waals surface area contributed by atoms with Crippen molar-refractivity contribution in [3.8, 4) is 22.8 Å². The van der Waals surface area contributed by atoms with Crippen LogP contribution in [0.4, 0.5) is 5.69 Å². The lowest BCUT2D eigenvalue weighted by atomic mass is 10.1. The second-order valence-electron chi connectivity index (χ2n) is 6.36. The molecule has 0 aliphatic heterocycles. The van der Waals surface area contributed by atoms with Crippen LogP contribution in [0.5, 0.6) is 11.5 Å². The number of nitrogens with zero attached hydrogens (tertiary/aromatic N) is 2. The van der Waals surface area contributed by atoms with Gasteiger partial charge in [0.1, 0.15) is 11.5 Å². The van der Waals surface area contributed by atoms with Crippen LogP contribution in [0.2, 0.25) is 0 Å². The summed E-state index contributed by atoms with van der Waals surface area (Å²) >= 11 is 0. The van der Waals surface area contributed by atoms with Crippen LogP contribution in [0, 0.1) is 0 Å². The Bertz CT molecular complexity index is 1030. The molecule has 29 heavy (non-hydrogen) atoms. The second kappa shape index (κ2) is 9.54. The van der Waals surface area contributed by atoms with Crippen LogP contribution in [0.15, 0.2) is 65.5 Å². The van der Waals surface area contributed by atoms with Crippen LogP contribution in [0.3, 0.4) is 0 Å². The first-order valence-corrected chi connectivity index (χ1v) is 9.26. The molecule has 3 aromatic rings. The Hall–Kier alpha value is -3.61. The van der Waals surface area contributed by atoms with E-state index in [1.807, 2.05) is 30.3 Å². The summed E-state index contributed by atoms with van der Waals surface area (Å²) < 4.78 is 11.8. The van der Waals surface area contributed by atoms with Crippen molar-refractivity contribution >= 4 is 11.6 Å². The normalized spacial score (nSPS) is 10.4. The summed E-state index contributed by atoms with van der Waals surface area (Å²) in [6.45, 7) is 0.354. The van der Waals surface area contributed by atoms with Gasteiger partial charge in [-0.1, -0.05) is 30.3 Å². The Morgan fingerprint density at radius 1 is 1.03 bits per heavy atom.